The highest BCUT2D eigenvalue weighted by atomic mass is 35.5. The first-order valence-corrected chi connectivity index (χ1v) is 12.4. The van der Waals surface area contributed by atoms with Gasteiger partial charge in [0, 0.05) is 22.0 Å². The summed E-state index contributed by atoms with van der Waals surface area (Å²) in [6.07, 6.45) is 0. The average Bonchev–Trinajstić information content (AvgIpc) is 3.27. The van der Waals surface area contributed by atoms with Gasteiger partial charge in [0.15, 0.2) is 16.8 Å². The van der Waals surface area contributed by atoms with Crippen molar-refractivity contribution in [1.82, 2.24) is 14.8 Å². The molecule has 1 amide bonds. The second-order valence-corrected chi connectivity index (χ2v) is 9.30. The largest absolute Gasteiger partial charge is 0.376 e. The van der Waals surface area contributed by atoms with Crippen molar-refractivity contribution in [2.24, 2.45) is 0 Å². The predicted octanol–water partition coefficient (Wildman–Crippen LogP) is 6.12. The summed E-state index contributed by atoms with van der Waals surface area (Å²) in [5, 5.41) is 16.4. The molecule has 0 aliphatic heterocycles. The lowest BCUT2D eigenvalue weighted by Crippen LogP contribution is -2.15. The molecule has 4 aromatic rings. The Balaban J connectivity index is 1.48. The molecule has 0 saturated carbocycles. The molecule has 0 aliphatic carbocycles. The Hall–Kier alpha value is -3.33. The lowest BCUT2D eigenvalue weighted by Gasteiger charge is -2.12. The number of rotatable bonds is 9. The van der Waals surface area contributed by atoms with Crippen LogP contribution >= 0.6 is 35.0 Å². The van der Waals surface area contributed by atoms with E-state index < -0.39 is 0 Å². The van der Waals surface area contributed by atoms with E-state index in [2.05, 4.69) is 20.8 Å². The first-order valence-electron chi connectivity index (χ1n) is 10.6. The van der Waals surface area contributed by atoms with Crippen molar-refractivity contribution in [2.45, 2.75) is 18.6 Å². The number of carbonyl (C=O) groups excluding carboxylic acids is 2. The van der Waals surface area contributed by atoms with Gasteiger partial charge in [-0.1, -0.05) is 53.2 Å². The molecule has 178 valence electrons. The molecule has 0 spiro atoms. The van der Waals surface area contributed by atoms with Gasteiger partial charge in [-0.05, 0) is 61.5 Å². The number of nitrogens with one attached hydrogen (secondary N) is 2. The highest BCUT2D eigenvalue weighted by molar-refractivity contribution is 7.99. The minimum absolute atomic E-state index is 0.0263. The summed E-state index contributed by atoms with van der Waals surface area (Å²) in [5.41, 5.74) is 2.77. The standard InChI is InChI=1S/C25H21Cl2N5O2S/c1-16(33)17-7-10-19(11-8-17)29-24(34)15-35-25-31-30-23(32(25)20-5-3-2-4-6-20)14-28-22-13-18(26)9-12-21(22)27/h2-13,28H,14-15H2,1H3,(H,29,34). The van der Waals surface area contributed by atoms with Gasteiger partial charge in [0.05, 0.1) is 23.0 Å². The normalized spacial score (nSPS) is 10.7. The van der Waals surface area contributed by atoms with Crippen LogP contribution < -0.4 is 10.6 Å². The van der Waals surface area contributed by atoms with Crippen molar-refractivity contribution in [3.63, 3.8) is 0 Å². The monoisotopic (exact) mass is 525 g/mol. The van der Waals surface area contributed by atoms with Crippen LogP contribution in [0.4, 0.5) is 11.4 Å². The van der Waals surface area contributed by atoms with Crippen LogP contribution in [0.25, 0.3) is 5.69 Å². The third kappa shape index (κ3) is 6.42. The van der Waals surface area contributed by atoms with Crippen molar-refractivity contribution >= 4 is 58.0 Å². The van der Waals surface area contributed by atoms with Gasteiger partial charge in [0.2, 0.25) is 5.91 Å². The van der Waals surface area contributed by atoms with Crippen LogP contribution in [0, 0.1) is 0 Å². The van der Waals surface area contributed by atoms with Crippen molar-refractivity contribution in [3.8, 4) is 5.69 Å². The zero-order valence-electron chi connectivity index (χ0n) is 18.7. The fourth-order valence-corrected chi connectivity index (χ4v) is 4.39. The summed E-state index contributed by atoms with van der Waals surface area (Å²) in [5.74, 6) is 0.558. The summed E-state index contributed by atoms with van der Waals surface area (Å²) in [4.78, 5) is 24.0. The molecule has 0 radical (unpaired) electrons. The zero-order valence-corrected chi connectivity index (χ0v) is 21.0. The van der Waals surface area contributed by atoms with Gasteiger partial charge < -0.3 is 10.6 Å². The number of hydrogen-bond donors (Lipinski definition) is 2. The second kappa shape index (κ2) is 11.4. The van der Waals surface area contributed by atoms with E-state index in [1.54, 1.807) is 42.5 Å². The third-order valence-electron chi connectivity index (χ3n) is 4.99. The second-order valence-electron chi connectivity index (χ2n) is 7.52. The third-order valence-corrected chi connectivity index (χ3v) is 6.48. The van der Waals surface area contributed by atoms with Gasteiger partial charge in [0.25, 0.3) is 0 Å². The summed E-state index contributed by atoms with van der Waals surface area (Å²) in [7, 11) is 0. The summed E-state index contributed by atoms with van der Waals surface area (Å²) in [6.45, 7) is 1.84. The number of para-hydroxylation sites is 1. The van der Waals surface area contributed by atoms with Gasteiger partial charge in [-0.25, -0.2) is 0 Å². The van der Waals surface area contributed by atoms with Crippen molar-refractivity contribution in [3.05, 3.63) is 94.2 Å². The number of anilines is 2. The van der Waals surface area contributed by atoms with Gasteiger partial charge in [-0.15, -0.1) is 10.2 Å². The number of thioether (sulfide) groups is 1. The molecule has 0 unspecified atom stereocenters. The molecule has 1 aromatic heterocycles. The Morgan fingerprint density at radius 1 is 0.971 bits per heavy atom. The van der Waals surface area contributed by atoms with E-state index in [9.17, 15) is 9.59 Å². The van der Waals surface area contributed by atoms with E-state index >= 15 is 0 Å². The molecule has 0 atom stereocenters. The van der Waals surface area contributed by atoms with Crippen LogP contribution in [0.1, 0.15) is 23.1 Å². The number of aromatic nitrogens is 3. The molecule has 1 heterocycles. The molecule has 10 heteroatoms. The molecule has 3 aromatic carbocycles. The fraction of sp³-hybridized carbons (Fsp3) is 0.120. The van der Waals surface area contributed by atoms with E-state index in [4.69, 9.17) is 23.2 Å². The minimum atomic E-state index is -0.196. The van der Waals surface area contributed by atoms with Crippen LogP contribution in [0.5, 0.6) is 0 Å². The van der Waals surface area contributed by atoms with Gasteiger partial charge in [0.1, 0.15) is 0 Å². The van der Waals surface area contributed by atoms with E-state index in [-0.39, 0.29) is 17.4 Å². The molecule has 0 bridgehead atoms. The Labute approximate surface area is 216 Å². The molecule has 0 aliphatic rings. The SMILES string of the molecule is CC(=O)c1ccc(NC(=O)CSc2nnc(CNc3cc(Cl)ccc3Cl)n2-c2ccccc2)cc1. The first kappa shape index (κ1) is 24.8. The molecular formula is C25H21Cl2N5O2S. The van der Waals surface area contributed by atoms with Crippen LogP contribution in [0.15, 0.2) is 78.0 Å². The smallest absolute Gasteiger partial charge is 0.234 e. The maximum atomic E-state index is 12.5. The molecule has 35 heavy (non-hydrogen) atoms. The van der Waals surface area contributed by atoms with Crippen LogP contribution in [0.3, 0.4) is 0 Å². The van der Waals surface area contributed by atoms with Gasteiger partial charge >= 0.3 is 0 Å². The molecule has 0 fully saturated rings. The lowest BCUT2D eigenvalue weighted by atomic mass is 10.1. The fourth-order valence-electron chi connectivity index (χ4n) is 3.27. The molecule has 2 N–H and O–H groups in total. The molecular weight excluding hydrogens is 505 g/mol. The number of Topliss-reactive ketones (excluding diaryl/α,β-unsaturated/α-hetero) is 1. The maximum Gasteiger partial charge on any atom is 0.234 e. The number of amides is 1. The number of ketones is 1. The quantitative estimate of drug-likeness (QED) is 0.202. The summed E-state index contributed by atoms with van der Waals surface area (Å²) < 4.78 is 1.89. The first-order chi connectivity index (χ1) is 16.9. The Morgan fingerprint density at radius 2 is 1.71 bits per heavy atom. The summed E-state index contributed by atoms with van der Waals surface area (Å²) in [6, 6.07) is 21.6. The van der Waals surface area contributed by atoms with Crippen molar-refractivity contribution in [1.29, 1.82) is 0 Å². The predicted molar refractivity (Wildman–Crippen MR) is 141 cm³/mol. The lowest BCUT2D eigenvalue weighted by molar-refractivity contribution is -0.113. The number of hydrogen-bond acceptors (Lipinski definition) is 6. The highest BCUT2D eigenvalue weighted by Crippen LogP contribution is 2.27. The summed E-state index contributed by atoms with van der Waals surface area (Å²) >= 11 is 13.6. The maximum absolute atomic E-state index is 12.5. The highest BCUT2D eigenvalue weighted by Gasteiger charge is 2.16. The van der Waals surface area contributed by atoms with E-state index in [1.807, 2.05) is 34.9 Å². The Kier molecular flexibility index (Phi) is 8.07. The molecule has 4 rings (SSSR count). The van der Waals surface area contributed by atoms with Crippen LogP contribution in [-0.2, 0) is 11.3 Å². The van der Waals surface area contributed by atoms with Crippen molar-refractivity contribution in [2.75, 3.05) is 16.4 Å². The van der Waals surface area contributed by atoms with Gasteiger partial charge in [-0.3, -0.25) is 14.2 Å². The number of carbonyl (C=O) groups is 2. The minimum Gasteiger partial charge on any atom is -0.376 e. The average molecular weight is 526 g/mol. The number of halogens is 2. The van der Waals surface area contributed by atoms with E-state index in [0.29, 0.717) is 44.5 Å². The number of nitrogens with zero attached hydrogens (tertiary/aromatic N) is 3. The molecule has 0 saturated heterocycles. The van der Waals surface area contributed by atoms with E-state index in [1.165, 1.54) is 18.7 Å². The van der Waals surface area contributed by atoms with E-state index in [0.717, 1.165) is 5.69 Å². The van der Waals surface area contributed by atoms with Gasteiger partial charge in [-0.2, -0.15) is 0 Å². The zero-order chi connectivity index (χ0) is 24.8. The van der Waals surface area contributed by atoms with Crippen molar-refractivity contribution < 1.29 is 9.59 Å². The van der Waals surface area contributed by atoms with Crippen LogP contribution in [-0.4, -0.2) is 32.2 Å². The van der Waals surface area contributed by atoms with Crippen LogP contribution in [0.2, 0.25) is 10.0 Å². The Morgan fingerprint density at radius 3 is 2.43 bits per heavy atom. The number of benzene rings is 3. The Bertz CT molecular complexity index is 1340. The molecule has 7 nitrogen and oxygen atoms in total. The topological polar surface area (TPSA) is 88.9 Å².